The first-order chi connectivity index (χ1) is 9.08. The van der Waals surface area contributed by atoms with Crippen LogP contribution in [0.15, 0.2) is 41.0 Å². The maximum absolute atomic E-state index is 12.1. The van der Waals surface area contributed by atoms with Gasteiger partial charge in [-0.1, -0.05) is 24.3 Å². The minimum atomic E-state index is -1.19. The van der Waals surface area contributed by atoms with Crippen LogP contribution in [0, 0.1) is 6.92 Å². The van der Waals surface area contributed by atoms with Gasteiger partial charge in [-0.2, -0.15) is 0 Å². The lowest BCUT2D eigenvalue weighted by atomic mass is 10.1. The molecule has 1 aromatic heterocycles. The van der Waals surface area contributed by atoms with Gasteiger partial charge in [-0.05, 0) is 24.1 Å². The van der Waals surface area contributed by atoms with Crippen LogP contribution >= 0.6 is 0 Å². The third-order valence-electron chi connectivity index (χ3n) is 2.85. The van der Waals surface area contributed by atoms with E-state index in [0.29, 0.717) is 5.75 Å². The number of carboxylic acids is 1. The molecule has 1 N–H and O–H groups in total. The van der Waals surface area contributed by atoms with E-state index >= 15 is 0 Å². The fraction of sp³-hybridized carbons (Fsp3) is 0.214. The molecule has 0 saturated heterocycles. The Morgan fingerprint density at radius 3 is 2.68 bits per heavy atom. The van der Waals surface area contributed by atoms with Crippen molar-refractivity contribution in [2.24, 2.45) is 0 Å². The summed E-state index contributed by atoms with van der Waals surface area (Å²) in [6.07, 6.45) is 1.31. The van der Waals surface area contributed by atoms with Crippen LogP contribution in [-0.4, -0.2) is 15.3 Å². The minimum Gasteiger partial charge on any atom is -0.478 e. The molecule has 0 spiro atoms. The van der Waals surface area contributed by atoms with E-state index in [1.165, 1.54) is 12.3 Å². The SMILES string of the molecule is Cc1ccccc1CS(=O)Cc1occc1C(=O)O. The van der Waals surface area contributed by atoms with Crippen molar-refractivity contribution >= 4 is 16.8 Å². The van der Waals surface area contributed by atoms with E-state index < -0.39 is 16.8 Å². The predicted octanol–water partition coefficient (Wildman–Crippen LogP) is 2.74. The number of benzene rings is 1. The molecular formula is C14H14O4S. The van der Waals surface area contributed by atoms with Crippen molar-refractivity contribution in [2.45, 2.75) is 18.4 Å². The lowest BCUT2D eigenvalue weighted by Crippen LogP contribution is -2.04. The first kappa shape index (κ1) is 13.5. The molecule has 1 unspecified atom stereocenters. The zero-order valence-corrected chi connectivity index (χ0v) is 11.3. The smallest absolute Gasteiger partial charge is 0.339 e. The molecule has 0 aliphatic heterocycles. The Morgan fingerprint density at radius 2 is 2.00 bits per heavy atom. The topological polar surface area (TPSA) is 67.5 Å². The maximum Gasteiger partial charge on any atom is 0.339 e. The third-order valence-corrected chi connectivity index (χ3v) is 4.06. The molecular weight excluding hydrogens is 264 g/mol. The highest BCUT2D eigenvalue weighted by Gasteiger charge is 2.16. The van der Waals surface area contributed by atoms with Crippen LogP contribution in [-0.2, 0) is 22.3 Å². The monoisotopic (exact) mass is 278 g/mol. The third kappa shape index (κ3) is 3.32. The van der Waals surface area contributed by atoms with E-state index in [-0.39, 0.29) is 17.1 Å². The number of rotatable bonds is 5. The van der Waals surface area contributed by atoms with Gasteiger partial charge in [0.25, 0.3) is 0 Å². The molecule has 0 radical (unpaired) electrons. The van der Waals surface area contributed by atoms with E-state index in [1.807, 2.05) is 31.2 Å². The first-order valence-corrected chi connectivity index (χ1v) is 7.26. The molecule has 0 aliphatic carbocycles. The van der Waals surface area contributed by atoms with Gasteiger partial charge in [0, 0.05) is 16.6 Å². The summed E-state index contributed by atoms with van der Waals surface area (Å²) >= 11 is 0. The minimum absolute atomic E-state index is 0.0816. The molecule has 2 aromatic rings. The zero-order valence-electron chi connectivity index (χ0n) is 10.5. The highest BCUT2D eigenvalue weighted by molar-refractivity contribution is 7.83. The number of carboxylic acid groups (broad SMARTS) is 1. The lowest BCUT2D eigenvalue weighted by molar-refractivity contribution is 0.0695. The summed E-state index contributed by atoms with van der Waals surface area (Å²) in [5, 5.41) is 8.94. The first-order valence-electron chi connectivity index (χ1n) is 5.77. The highest BCUT2D eigenvalue weighted by atomic mass is 32.2. The van der Waals surface area contributed by atoms with Crippen LogP contribution in [0.1, 0.15) is 27.2 Å². The second-order valence-corrected chi connectivity index (χ2v) is 5.67. The Hall–Kier alpha value is -1.88. The van der Waals surface area contributed by atoms with Crippen molar-refractivity contribution in [3.63, 3.8) is 0 Å². The van der Waals surface area contributed by atoms with Gasteiger partial charge in [-0.3, -0.25) is 4.21 Å². The van der Waals surface area contributed by atoms with Crippen LogP contribution in [0.25, 0.3) is 0 Å². The van der Waals surface area contributed by atoms with Crippen molar-refractivity contribution in [1.82, 2.24) is 0 Å². The molecule has 5 heteroatoms. The lowest BCUT2D eigenvalue weighted by Gasteiger charge is -2.05. The van der Waals surface area contributed by atoms with Crippen LogP contribution in [0.4, 0.5) is 0 Å². The van der Waals surface area contributed by atoms with Gasteiger partial charge in [-0.25, -0.2) is 4.79 Å². The molecule has 0 saturated carbocycles. The number of aromatic carboxylic acids is 1. The van der Waals surface area contributed by atoms with Crippen molar-refractivity contribution in [2.75, 3.05) is 0 Å². The highest BCUT2D eigenvalue weighted by Crippen LogP contribution is 2.16. The number of aryl methyl sites for hydroxylation is 1. The largest absolute Gasteiger partial charge is 0.478 e. The summed E-state index contributed by atoms with van der Waals surface area (Å²) < 4.78 is 17.2. The summed E-state index contributed by atoms with van der Waals surface area (Å²) in [7, 11) is -1.19. The van der Waals surface area contributed by atoms with Crippen molar-refractivity contribution < 1.29 is 18.5 Å². The summed E-state index contributed by atoms with van der Waals surface area (Å²) in [6, 6.07) is 9.09. The van der Waals surface area contributed by atoms with E-state index in [0.717, 1.165) is 11.1 Å². The fourth-order valence-electron chi connectivity index (χ4n) is 1.79. The molecule has 19 heavy (non-hydrogen) atoms. The Balaban J connectivity index is 2.08. The summed E-state index contributed by atoms with van der Waals surface area (Å²) in [5.41, 5.74) is 2.16. The van der Waals surface area contributed by atoms with Crippen LogP contribution in [0.2, 0.25) is 0 Å². The van der Waals surface area contributed by atoms with Crippen molar-refractivity contribution in [3.05, 3.63) is 59.0 Å². The Kier molecular flexibility index (Phi) is 4.16. The summed E-state index contributed by atoms with van der Waals surface area (Å²) in [5.74, 6) is -0.286. The number of carbonyl (C=O) groups is 1. The standard InChI is InChI=1S/C14H14O4S/c1-10-4-2-3-5-11(10)8-19(17)9-13-12(14(15)16)6-7-18-13/h2-7H,8-9H2,1H3,(H,15,16). The van der Waals surface area contributed by atoms with Gasteiger partial charge in [0.05, 0.1) is 12.0 Å². The number of hydrogen-bond acceptors (Lipinski definition) is 3. The summed E-state index contributed by atoms with van der Waals surface area (Å²) in [6.45, 7) is 1.96. The van der Waals surface area contributed by atoms with E-state index in [9.17, 15) is 9.00 Å². The Labute approximate surface area is 113 Å². The second-order valence-electron chi connectivity index (χ2n) is 4.22. The molecule has 2 rings (SSSR count). The number of hydrogen-bond donors (Lipinski definition) is 1. The molecule has 4 nitrogen and oxygen atoms in total. The van der Waals surface area contributed by atoms with E-state index in [4.69, 9.17) is 9.52 Å². The average molecular weight is 278 g/mol. The quantitative estimate of drug-likeness (QED) is 0.913. The van der Waals surface area contributed by atoms with E-state index in [1.54, 1.807) is 0 Å². The maximum atomic E-state index is 12.1. The van der Waals surface area contributed by atoms with Crippen molar-refractivity contribution in [1.29, 1.82) is 0 Å². The van der Waals surface area contributed by atoms with Gasteiger partial charge in [-0.15, -0.1) is 0 Å². The zero-order chi connectivity index (χ0) is 13.8. The number of furan rings is 1. The van der Waals surface area contributed by atoms with Crippen LogP contribution < -0.4 is 0 Å². The summed E-state index contributed by atoms with van der Waals surface area (Å²) in [4.78, 5) is 10.9. The molecule has 1 heterocycles. The molecule has 0 aliphatic rings. The molecule has 1 atom stereocenters. The van der Waals surface area contributed by atoms with Gasteiger partial charge in [0.15, 0.2) is 0 Å². The van der Waals surface area contributed by atoms with Gasteiger partial charge in [0.1, 0.15) is 11.3 Å². The Bertz CT molecular complexity index is 615. The molecule has 0 fully saturated rings. The average Bonchev–Trinajstić information content (AvgIpc) is 2.80. The second kappa shape index (κ2) is 5.84. The molecule has 0 bridgehead atoms. The normalized spacial score (nSPS) is 12.3. The molecule has 100 valence electrons. The van der Waals surface area contributed by atoms with Gasteiger partial charge >= 0.3 is 5.97 Å². The Morgan fingerprint density at radius 1 is 1.26 bits per heavy atom. The van der Waals surface area contributed by atoms with Crippen LogP contribution in [0.3, 0.4) is 0 Å². The predicted molar refractivity (Wildman–Crippen MR) is 72.4 cm³/mol. The van der Waals surface area contributed by atoms with Crippen molar-refractivity contribution in [3.8, 4) is 0 Å². The van der Waals surface area contributed by atoms with Gasteiger partial charge in [0.2, 0.25) is 0 Å². The van der Waals surface area contributed by atoms with E-state index in [2.05, 4.69) is 0 Å². The molecule has 0 amide bonds. The van der Waals surface area contributed by atoms with Crippen LogP contribution in [0.5, 0.6) is 0 Å². The molecule has 1 aromatic carbocycles. The van der Waals surface area contributed by atoms with Gasteiger partial charge < -0.3 is 9.52 Å². The fourth-order valence-corrected chi connectivity index (χ4v) is 3.07.